The van der Waals surface area contributed by atoms with Gasteiger partial charge in [0.05, 0.1) is 6.10 Å². The largest absolute Gasteiger partial charge is 0.480 e. The van der Waals surface area contributed by atoms with Crippen molar-refractivity contribution >= 4 is 29.6 Å². The smallest absolute Gasteiger partial charge is 0.325 e. The lowest BCUT2D eigenvalue weighted by Crippen LogP contribution is -2.57. The van der Waals surface area contributed by atoms with Gasteiger partial charge in [0.2, 0.25) is 23.6 Å². The molecule has 1 heterocycles. The number of carboxylic acid groups (broad SMARTS) is 1. The molecule has 0 radical (unpaired) electrons. The number of hydrogen-bond acceptors (Lipinski definition) is 7. The first-order chi connectivity index (χ1) is 13.5. The molecule has 1 aliphatic rings. The molecule has 0 aromatic heterocycles. The number of nitrogens with two attached hydrogens (primary N) is 2. The summed E-state index contributed by atoms with van der Waals surface area (Å²) < 4.78 is 0. The highest BCUT2D eigenvalue weighted by Crippen LogP contribution is 2.19. The molecule has 1 aliphatic heterocycles. The zero-order chi connectivity index (χ0) is 22.3. The summed E-state index contributed by atoms with van der Waals surface area (Å²) in [5, 5.41) is 23.1. The Morgan fingerprint density at radius 1 is 1.17 bits per heavy atom. The number of nitrogens with one attached hydrogen (secondary N) is 2. The summed E-state index contributed by atoms with van der Waals surface area (Å²) in [5.41, 5.74) is 10.8. The number of primary amides is 1. The average Bonchev–Trinajstić information content (AvgIpc) is 3.12. The third-order valence-corrected chi connectivity index (χ3v) is 4.68. The highest BCUT2D eigenvalue weighted by Gasteiger charge is 2.38. The van der Waals surface area contributed by atoms with Crippen molar-refractivity contribution < 1.29 is 34.2 Å². The Balaban J connectivity index is 2.89. The predicted octanol–water partition coefficient (Wildman–Crippen LogP) is -2.97. The first-order valence-electron chi connectivity index (χ1n) is 9.31. The minimum Gasteiger partial charge on any atom is -0.480 e. The molecule has 4 amide bonds. The SMILES string of the molecule is CC(NC(=O)C(CCC(N)=O)NC(=O)C1CCCN1C(=O)C(N)C(C)O)C(=O)O. The van der Waals surface area contributed by atoms with E-state index in [4.69, 9.17) is 16.6 Å². The average molecular weight is 415 g/mol. The normalized spacial score (nSPS) is 20.3. The molecule has 0 aromatic rings. The fourth-order valence-corrected chi connectivity index (χ4v) is 2.90. The lowest BCUT2D eigenvalue weighted by Gasteiger charge is -2.29. The monoisotopic (exact) mass is 415 g/mol. The topological polar surface area (TPSA) is 205 Å². The molecule has 0 aromatic carbocycles. The first kappa shape index (κ1) is 24.3. The predicted molar refractivity (Wildman–Crippen MR) is 100.0 cm³/mol. The Labute approximate surface area is 168 Å². The van der Waals surface area contributed by atoms with Crippen molar-refractivity contribution in [2.24, 2.45) is 11.5 Å². The summed E-state index contributed by atoms with van der Waals surface area (Å²) in [7, 11) is 0. The second-order valence-electron chi connectivity index (χ2n) is 7.09. The van der Waals surface area contributed by atoms with Crippen LogP contribution < -0.4 is 22.1 Å². The van der Waals surface area contributed by atoms with E-state index >= 15 is 0 Å². The molecular formula is C17H29N5O7. The fraction of sp³-hybridized carbons (Fsp3) is 0.706. The Bertz CT molecular complexity index is 654. The lowest BCUT2D eigenvalue weighted by atomic mass is 10.1. The molecule has 12 nitrogen and oxygen atoms in total. The number of rotatable bonds is 10. The number of carboxylic acids is 1. The van der Waals surface area contributed by atoms with Gasteiger partial charge in [-0.25, -0.2) is 0 Å². The number of carbonyl (C=O) groups is 5. The van der Waals surface area contributed by atoms with Crippen molar-refractivity contribution in [3.05, 3.63) is 0 Å². The number of nitrogens with zero attached hydrogens (tertiary/aromatic N) is 1. The molecule has 0 bridgehead atoms. The van der Waals surface area contributed by atoms with Crippen molar-refractivity contribution in [2.45, 2.75) is 69.8 Å². The van der Waals surface area contributed by atoms with Gasteiger partial charge in [-0.2, -0.15) is 0 Å². The number of amides is 4. The van der Waals surface area contributed by atoms with E-state index in [0.29, 0.717) is 12.8 Å². The molecule has 0 aliphatic carbocycles. The minimum atomic E-state index is -1.27. The van der Waals surface area contributed by atoms with E-state index in [9.17, 15) is 29.1 Å². The van der Waals surface area contributed by atoms with Crippen LogP contribution in [0.25, 0.3) is 0 Å². The summed E-state index contributed by atoms with van der Waals surface area (Å²) in [5.74, 6) is -3.97. The summed E-state index contributed by atoms with van der Waals surface area (Å²) in [6.07, 6.45) is -0.573. The van der Waals surface area contributed by atoms with Crippen LogP contribution in [0.2, 0.25) is 0 Å². The summed E-state index contributed by atoms with van der Waals surface area (Å²) in [6, 6.07) is -4.49. The Morgan fingerprint density at radius 2 is 1.79 bits per heavy atom. The van der Waals surface area contributed by atoms with Gasteiger partial charge in [0, 0.05) is 13.0 Å². The zero-order valence-electron chi connectivity index (χ0n) is 16.5. The summed E-state index contributed by atoms with van der Waals surface area (Å²) in [6.45, 7) is 2.88. The van der Waals surface area contributed by atoms with Gasteiger partial charge in [-0.05, 0) is 33.1 Å². The van der Waals surface area contributed by atoms with Crippen LogP contribution in [-0.2, 0) is 24.0 Å². The van der Waals surface area contributed by atoms with E-state index in [-0.39, 0.29) is 19.4 Å². The van der Waals surface area contributed by atoms with Crippen molar-refractivity contribution in [3.63, 3.8) is 0 Å². The van der Waals surface area contributed by atoms with Gasteiger partial charge in [-0.3, -0.25) is 24.0 Å². The Morgan fingerprint density at radius 3 is 2.31 bits per heavy atom. The molecule has 8 N–H and O–H groups in total. The zero-order valence-corrected chi connectivity index (χ0v) is 16.5. The van der Waals surface area contributed by atoms with Crippen LogP contribution in [0, 0.1) is 0 Å². The number of carbonyl (C=O) groups excluding carboxylic acids is 4. The van der Waals surface area contributed by atoms with Crippen LogP contribution in [0.1, 0.15) is 39.5 Å². The van der Waals surface area contributed by atoms with Gasteiger partial charge in [0.25, 0.3) is 0 Å². The second-order valence-corrected chi connectivity index (χ2v) is 7.09. The van der Waals surface area contributed by atoms with Gasteiger partial charge in [-0.15, -0.1) is 0 Å². The van der Waals surface area contributed by atoms with Crippen LogP contribution in [0.3, 0.4) is 0 Å². The summed E-state index contributed by atoms with van der Waals surface area (Å²) in [4.78, 5) is 60.7. The minimum absolute atomic E-state index is 0.132. The second kappa shape index (κ2) is 10.7. The van der Waals surface area contributed by atoms with E-state index < -0.39 is 59.9 Å². The van der Waals surface area contributed by atoms with E-state index in [1.54, 1.807) is 0 Å². The quantitative estimate of drug-likeness (QED) is 0.217. The molecule has 29 heavy (non-hydrogen) atoms. The molecule has 0 spiro atoms. The van der Waals surface area contributed by atoms with Gasteiger partial charge in [0.15, 0.2) is 0 Å². The number of hydrogen-bond donors (Lipinski definition) is 6. The fourth-order valence-electron chi connectivity index (χ4n) is 2.90. The van der Waals surface area contributed by atoms with Gasteiger partial charge >= 0.3 is 5.97 Å². The van der Waals surface area contributed by atoms with Gasteiger partial charge < -0.3 is 37.2 Å². The van der Waals surface area contributed by atoms with Gasteiger partial charge in [0.1, 0.15) is 24.2 Å². The highest BCUT2D eigenvalue weighted by molar-refractivity contribution is 5.94. The van der Waals surface area contributed by atoms with E-state index in [1.165, 1.54) is 18.7 Å². The number of aliphatic hydroxyl groups is 1. The molecule has 1 saturated heterocycles. The van der Waals surface area contributed by atoms with Crippen molar-refractivity contribution in [3.8, 4) is 0 Å². The highest BCUT2D eigenvalue weighted by atomic mass is 16.4. The van der Waals surface area contributed by atoms with Crippen molar-refractivity contribution in [1.29, 1.82) is 0 Å². The Hall–Kier alpha value is -2.73. The van der Waals surface area contributed by atoms with Crippen molar-refractivity contribution in [2.75, 3.05) is 6.54 Å². The van der Waals surface area contributed by atoms with Crippen LogP contribution in [0.4, 0.5) is 0 Å². The number of aliphatic hydroxyl groups excluding tert-OH is 1. The van der Waals surface area contributed by atoms with E-state index in [0.717, 1.165) is 0 Å². The molecule has 1 fully saturated rings. The maximum atomic E-state index is 12.7. The van der Waals surface area contributed by atoms with Crippen LogP contribution >= 0.6 is 0 Å². The van der Waals surface area contributed by atoms with E-state index in [2.05, 4.69) is 10.6 Å². The maximum Gasteiger partial charge on any atom is 0.325 e. The maximum absolute atomic E-state index is 12.7. The molecular weight excluding hydrogens is 386 g/mol. The first-order valence-corrected chi connectivity index (χ1v) is 9.31. The molecule has 12 heteroatoms. The standard InChI is InChI=1S/C17H29N5O7/c1-8(17(28)29)20-14(25)10(5-6-12(18)24)21-15(26)11-4-3-7-22(11)16(27)13(19)9(2)23/h8-11,13,23H,3-7,19H2,1-2H3,(H2,18,24)(H,20,25)(H,21,26)(H,28,29). The molecule has 5 unspecified atom stereocenters. The third-order valence-electron chi connectivity index (χ3n) is 4.68. The van der Waals surface area contributed by atoms with Crippen molar-refractivity contribution in [1.82, 2.24) is 15.5 Å². The van der Waals surface area contributed by atoms with Crippen LogP contribution in [0.5, 0.6) is 0 Å². The van der Waals surface area contributed by atoms with Crippen LogP contribution in [0.15, 0.2) is 0 Å². The lowest BCUT2D eigenvalue weighted by molar-refractivity contribution is -0.143. The number of aliphatic carboxylic acids is 1. The number of likely N-dealkylation sites (tertiary alicyclic amines) is 1. The van der Waals surface area contributed by atoms with Crippen LogP contribution in [-0.4, -0.2) is 81.5 Å². The van der Waals surface area contributed by atoms with E-state index in [1.807, 2.05) is 0 Å². The molecule has 1 rings (SSSR count). The third kappa shape index (κ3) is 6.98. The molecule has 164 valence electrons. The molecule has 5 atom stereocenters. The van der Waals surface area contributed by atoms with Gasteiger partial charge in [-0.1, -0.05) is 0 Å². The summed E-state index contributed by atoms with van der Waals surface area (Å²) >= 11 is 0. The molecule has 0 saturated carbocycles. The Kier molecular flexibility index (Phi) is 8.98.